The van der Waals surface area contributed by atoms with E-state index >= 15 is 0 Å². The van der Waals surface area contributed by atoms with Crippen LogP contribution in [0.25, 0.3) is 0 Å². The normalized spacial score (nSPS) is 11.1. The molecule has 0 saturated heterocycles. The lowest BCUT2D eigenvalue weighted by Gasteiger charge is -2.16. The second kappa shape index (κ2) is 10.0. The molecule has 102 valence electrons. The highest BCUT2D eigenvalue weighted by molar-refractivity contribution is 5.09. The summed E-state index contributed by atoms with van der Waals surface area (Å²) in [4.78, 5) is 6.43. The first-order chi connectivity index (χ1) is 8.83. The molecule has 0 radical (unpaired) electrons. The highest BCUT2D eigenvalue weighted by Gasteiger charge is 1.99. The zero-order valence-corrected chi connectivity index (χ0v) is 11.9. The molecule has 0 aliphatic carbocycles. The maximum atomic E-state index is 4.04. The number of rotatable bonds is 10. The third-order valence-corrected chi connectivity index (χ3v) is 3.10. The van der Waals surface area contributed by atoms with Crippen LogP contribution in [0.2, 0.25) is 0 Å². The molecule has 0 aliphatic rings. The van der Waals surface area contributed by atoms with Gasteiger partial charge in [-0.2, -0.15) is 0 Å². The Balaban J connectivity index is 1.99. The topological polar surface area (TPSA) is 28.2 Å². The highest BCUT2D eigenvalue weighted by atomic mass is 15.1. The molecule has 0 spiro atoms. The number of nitrogens with zero attached hydrogens (tertiary/aromatic N) is 2. The molecule has 3 nitrogen and oxygen atoms in total. The molecule has 1 aromatic rings. The minimum Gasteiger partial charge on any atom is -0.317 e. The summed E-state index contributed by atoms with van der Waals surface area (Å²) < 4.78 is 0. The fourth-order valence-corrected chi connectivity index (χ4v) is 2.04. The van der Waals surface area contributed by atoms with Crippen LogP contribution in [0.15, 0.2) is 24.5 Å². The van der Waals surface area contributed by atoms with Gasteiger partial charge in [0.15, 0.2) is 0 Å². The van der Waals surface area contributed by atoms with Gasteiger partial charge in [-0.05, 0) is 57.2 Å². The highest BCUT2D eigenvalue weighted by Crippen LogP contribution is 2.04. The van der Waals surface area contributed by atoms with E-state index in [4.69, 9.17) is 0 Å². The zero-order valence-electron chi connectivity index (χ0n) is 11.9. The van der Waals surface area contributed by atoms with Crippen molar-refractivity contribution in [1.82, 2.24) is 15.2 Å². The van der Waals surface area contributed by atoms with Gasteiger partial charge >= 0.3 is 0 Å². The largest absolute Gasteiger partial charge is 0.317 e. The van der Waals surface area contributed by atoms with Crippen molar-refractivity contribution < 1.29 is 0 Å². The third kappa shape index (κ3) is 7.41. The molecule has 0 aromatic carbocycles. The Morgan fingerprint density at radius 1 is 1.11 bits per heavy atom. The van der Waals surface area contributed by atoms with Gasteiger partial charge in [0.1, 0.15) is 0 Å². The van der Waals surface area contributed by atoms with E-state index in [9.17, 15) is 0 Å². The second-order valence-corrected chi connectivity index (χ2v) is 4.86. The Bertz CT molecular complexity index is 287. The summed E-state index contributed by atoms with van der Waals surface area (Å²) in [6, 6.07) is 4.18. The van der Waals surface area contributed by atoms with Crippen molar-refractivity contribution in [3.8, 4) is 0 Å². The van der Waals surface area contributed by atoms with E-state index in [-0.39, 0.29) is 0 Å². The zero-order chi connectivity index (χ0) is 13.1. The average Bonchev–Trinajstić information content (AvgIpc) is 2.39. The summed E-state index contributed by atoms with van der Waals surface area (Å²) in [7, 11) is 2.19. The van der Waals surface area contributed by atoms with E-state index in [2.05, 4.69) is 41.3 Å². The van der Waals surface area contributed by atoms with Gasteiger partial charge in [0.25, 0.3) is 0 Å². The van der Waals surface area contributed by atoms with E-state index in [1.54, 1.807) is 0 Å². The Kier molecular flexibility index (Phi) is 8.43. The van der Waals surface area contributed by atoms with Crippen LogP contribution in [0.4, 0.5) is 0 Å². The summed E-state index contributed by atoms with van der Waals surface area (Å²) in [5.41, 5.74) is 1.35. The SMILES string of the molecule is CCNCCCCCCN(C)Cc1ccncc1. The molecular weight excluding hydrogens is 222 g/mol. The van der Waals surface area contributed by atoms with Crippen molar-refractivity contribution in [2.75, 3.05) is 26.7 Å². The second-order valence-electron chi connectivity index (χ2n) is 4.86. The van der Waals surface area contributed by atoms with Crippen LogP contribution < -0.4 is 5.32 Å². The van der Waals surface area contributed by atoms with Crippen molar-refractivity contribution in [3.63, 3.8) is 0 Å². The number of unbranched alkanes of at least 4 members (excludes halogenated alkanes) is 3. The van der Waals surface area contributed by atoms with Gasteiger partial charge in [-0.1, -0.05) is 19.8 Å². The molecule has 0 fully saturated rings. The monoisotopic (exact) mass is 249 g/mol. The quantitative estimate of drug-likeness (QED) is 0.646. The van der Waals surface area contributed by atoms with Gasteiger partial charge in [-0.3, -0.25) is 4.98 Å². The summed E-state index contributed by atoms with van der Waals surface area (Å²) in [6.45, 7) is 6.63. The van der Waals surface area contributed by atoms with Crippen LogP contribution in [0, 0.1) is 0 Å². The maximum Gasteiger partial charge on any atom is 0.0271 e. The summed E-state index contributed by atoms with van der Waals surface area (Å²) in [6.07, 6.45) is 9.02. The number of pyridine rings is 1. The Morgan fingerprint density at radius 2 is 1.83 bits per heavy atom. The minimum absolute atomic E-state index is 1.03. The van der Waals surface area contributed by atoms with Gasteiger partial charge in [0.2, 0.25) is 0 Å². The van der Waals surface area contributed by atoms with Crippen molar-refractivity contribution in [3.05, 3.63) is 30.1 Å². The minimum atomic E-state index is 1.03. The standard InChI is InChI=1S/C15H27N3/c1-3-16-10-6-4-5-7-13-18(2)14-15-8-11-17-12-9-15/h8-9,11-12,16H,3-7,10,13-14H2,1-2H3. The van der Waals surface area contributed by atoms with E-state index in [0.29, 0.717) is 0 Å². The Hall–Kier alpha value is -0.930. The lowest BCUT2D eigenvalue weighted by atomic mass is 10.2. The molecular formula is C15H27N3. The number of hydrogen-bond acceptors (Lipinski definition) is 3. The van der Waals surface area contributed by atoms with Crippen molar-refractivity contribution >= 4 is 0 Å². The fraction of sp³-hybridized carbons (Fsp3) is 0.667. The summed E-state index contributed by atoms with van der Waals surface area (Å²) in [5.74, 6) is 0. The molecule has 1 rings (SSSR count). The molecule has 0 amide bonds. The van der Waals surface area contributed by atoms with E-state index in [0.717, 1.165) is 13.1 Å². The molecule has 0 unspecified atom stereocenters. The Morgan fingerprint density at radius 3 is 2.56 bits per heavy atom. The van der Waals surface area contributed by atoms with Crippen LogP contribution in [0.5, 0.6) is 0 Å². The molecule has 1 aromatic heterocycles. The summed E-state index contributed by atoms with van der Waals surface area (Å²) in [5, 5.41) is 3.36. The Labute approximate surface area is 112 Å². The number of aromatic nitrogens is 1. The van der Waals surface area contributed by atoms with Gasteiger partial charge in [0.05, 0.1) is 0 Å². The average molecular weight is 249 g/mol. The predicted molar refractivity (Wildman–Crippen MR) is 77.6 cm³/mol. The van der Waals surface area contributed by atoms with Crippen LogP contribution in [-0.4, -0.2) is 36.6 Å². The van der Waals surface area contributed by atoms with Crippen LogP contribution in [0.3, 0.4) is 0 Å². The van der Waals surface area contributed by atoms with E-state index < -0.39 is 0 Å². The van der Waals surface area contributed by atoms with Crippen molar-refractivity contribution in [1.29, 1.82) is 0 Å². The lowest BCUT2D eigenvalue weighted by Crippen LogP contribution is -2.19. The molecule has 1 N–H and O–H groups in total. The fourth-order valence-electron chi connectivity index (χ4n) is 2.04. The number of hydrogen-bond donors (Lipinski definition) is 1. The molecule has 18 heavy (non-hydrogen) atoms. The lowest BCUT2D eigenvalue weighted by molar-refractivity contribution is 0.316. The van der Waals surface area contributed by atoms with E-state index in [1.807, 2.05) is 12.4 Å². The molecule has 0 atom stereocenters. The summed E-state index contributed by atoms with van der Waals surface area (Å²) >= 11 is 0. The smallest absolute Gasteiger partial charge is 0.0271 e. The predicted octanol–water partition coefficient (Wildman–Crippen LogP) is 2.68. The van der Waals surface area contributed by atoms with Gasteiger partial charge < -0.3 is 10.2 Å². The molecule has 3 heteroatoms. The van der Waals surface area contributed by atoms with E-state index in [1.165, 1.54) is 44.3 Å². The maximum absolute atomic E-state index is 4.04. The first kappa shape index (κ1) is 15.1. The van der Waals surface area contributed by atoms with Crippen LogP contribution >= 0.6 is 0 Å². The molecule has 1 heterocycles. The van der Waals surface area contributed by atoms with Crippen molar-refractivity contribution in [2.45, 2.75) is 39.2 Å². The third-order valence-electron chi connectivity index (χ3n) is 3.10. The van der Waals surface area contributed by atoms with Crippen molar-refractivity contribution in [2.24, 2.45) is 0 Å². The van der Waals surface area contributed by atoms with Gasteiger partial charge in [0, 0.05) is 18.9 Å². The molecule has 0 bridgehead atoms. The van der Waals surface area contributed by atoms with Crippen LogP contribution in [0.1, 0.15) is 38.2 Å². The molecule has 0 aliphatic heterocycles. The molecule has 0 saturated carbocycles. The first-order valence-electron chi connectivity index (χ1n) is 7.11. The van der Waals surface area contributed by atoms with Gasteiger partial charge in [-0.25, -0.2) is 0 Å². The van der Waals surface area contributed by atoms with Crippen LogP contribution in [-0.2, 0) is 6.54 Å². The first-order valence-corrected chi connectivity index (χ1v) is 7.11. The number of nitrogens with one attached hydrogen (secondary N) is 1. The van der Waals surface area contributed by atoms with Gasteiger partial charge in [-0.15, -0.1) is 0 Å².